The van der Waals surface area contributed by atoms with Crippen molar-refractivity contribution in [1.82, 2.24) is 0 Å². The minimum Gasteiger partial charge on any atom is -0.493 e. The van der Waals surface area contributed by atoms with Crippen LogP contribution in [0.25, 0.3) is 0 Å². The van der Waals surface area contributed by atoms with Gasteiger partial charge in [-0.15, -0.1) is 0 Å². The van der Waals surface area contributed by atoms with Crippen LogP contribution in [0.2, 0.25) is 0 Å². The van der Waals surface area contributed by atoms with E-state index in [0.717, 1.165) is 11.4 Å². The van der Waals surface area contributed by atoms with Gasteiger partial charge in [-0.1, -0.05) is 6.07 Å². The fraction of sp³-hybridized carbons (Fsp3) is 0.235. The van der Waals surface area contributed by atoms with Crippen LogP contribution in [0.1, 0.15) is 17.3 Å². The van der Waals surface area contributed by atoms with Gasteiger partial charge in [0.15, 0.2) is 11.5 Å². The van der Waals surface area contributed by atoms with E-state index >= 15 is 0 Å². The summed E-state index contributed by atoms with van der Waals surface area (Å²) in [5, 5.41) is 3.22. The maximum atomic E-state index is 11.7. The zero-order chi connectivity index (χ0) is 15.9. The lowest BCUT2D eigenvalue weighted by molar-refractivity contribution is 0.0526. The zero-order valence-electron chi connectivity index (χ0n) is 12.9. The molecule has 0 saturated carbocycles. The highest BCUT2D eigenvalue weighted by atomic mass is 16.5. The number of hydrogen-bond donors (Lipinski definition) is 1. The Bertz CT molecular complexity index is 655. The minimum atomic E-state index is -0.335. The first-order chi connectivity index (χ1) is 10.7. The quantitative estimate of drug-likeness (QED) is 0.826. The Hall–Kier alpha value is -2.69. The maximum Gasteiger partial charge on any atom is 0.338 e. The molecule has 2 rings (SSSR count). The van der Waals surface area contributed by atoms with Gasteiger partial charge in [0.2, 0.25) is 0 Å². The first-order valence-electron chi connectivity index (χ1n) is 6.94. The summed E-state index contributed by atoms with van der Waals surface area (Å²) in [5.74, 6) is 0.959. The van der Waals surface area contributed by atoms with E-state index in [1.165, 1.54) is 0 Å². The number of benzene rings is 2. The number of rotatable bonds is 6. The lowest BCUT2D eigenvalue weighted by Crippen LogP contribution is -2.04. The average Bonchev–Trinajstić information content (AvgIpc) is 2.55. The number of carbonyl (C=O) groups excluding carboxylic acids is 1. The summed E-state index contributed by atoms with van der Waals surface area (Å²) in [6.07, 6.45) is 0. The van der Waals surface area contributed by atoms with E-state index < -0.39 is 0 Å². The maximum absolute atomic E-state index is 11.7. The predicted molar refractivity (Wildman–Crippen MR) is 85.2 cm³/mol. The highest BCUT2D eigenvalue weighted by Crippen LogP contribution is 2.31. The molecular weight excluding hydrogens is 282 g/mol. The third-order valence-corrected chi connectivity index (χ3v) is 3.05. The molecule has 116 valence electrons. The first-order valence-corrected chi connectivity index (χ1v) is 6.94. The van der Waals surface area contributed by atoms with Gasteiger partial charge in [0.25, 0.3) is 0 Å². The summed E-state index contributed by atoms with van der Waals surface area (Å²) in [5.41, 5.74) is 2.13. The average molecular weight is 301 g/mol. The van der Waals surface area contributed by atoms with E-state index in [0.29, 0.717) is 23.7 Å². The van der Waals surface area contributed by atoms with Crippen molar-refractivity contribution in [3.8, 4) is 11.5 Å². The van der Waals surface area contributed by atoms with Gasteiger partial charge >= 0.3 is 5.97 Å². The van der Waals surface area contributed by atoms with Crippen molar-refractivity contribution in [3.05, 3.63) is 48.0 Å². The minimum absolute atomic E-state index is 0.335. The highest BCUT2D eigenvalue weighted by Gasteiger charge is 2.08. The molecule has 0 spiro atoms. The fourth-order valence-electron chi connectivity index (χ4n) is 2.02. The number of methoxy groups -OCH3 is 2. The summed E-state index contributed by atoms with van der Waals surface area (Å²) in [4.78, 5) is 11.7. The van der Waals surface area contributed by atoms with Crippen molar-refractivity contribution < 1.29 is 19.0 Å². The van der Waals surface area contributed by atoms with Crippen molar-refractivity contribution in [2.75, 3.05) is 26.1 Å². The molecule has 2 aromatic rings. The van der Waals surface area contributed by atoms with E-state index in [-0.39, 0.29) is 5.97 Å². The number of ether oxygens (including phenoxy) is 3. The molecule has 0 amide bonds. The van der Waals surface area contributed by atoms with E-state index in [1.807, 2.05) is 24.3 Å². The monoisotopic (exact) mass is 301 g/mol. The van der Waals surface area contributed by atoms with Crippen molar-refractivity contribution in [3.63, 3.8) is 0 Å². The van der Waals surface area contributed by atoms with Gasteiger partial charge in [-0.2, -0.15) is 0 Å². The van der Waals surface area contributed by atoms with Crippen LogP contribution in [-0.2, 0) is 4.74 Å². The lowest BCUT2D eigenvalue weighted by Gasteiger charge is -2.12. The van der Waals surface area contributed by atoms with Gasteiger partial charge in [-0.25, -0.2) is 4.79 Å². The normalized spacial score (nSPS) is 9.95. The molecule has 1 N–H and O–H groups in total. The smallest absolute Gasteiger partial charge is 0.338 e. The van der Waals surface area contributed by atoms with Crippen LogP contribution >= 0.6 is 0 Å². The number of nitrogens with one attached hydrogen (secondary N) is 1. The predicted octanol–water partition coefficient (Wildman–Crippen LogP) is 3.62. The largest absolute Gasteiger partial charge is 0.493 e. The molecule has 2 aromatic carbocycles. The first kappa shape index (κ1) is 15.7. The highest BCUT2D eigenvalue weighted by molar-refractivity contribution is 5.90. The third kappa shape index (κ3) is 3.69. The van der Waals surface area contributed by atoms with Crippen LogP contribution < -0.4 is 14.8 Å². The van der Waals surface area contributed by atoms with E-state index in [9.17, 15) is 4.79 Å². The Balaban J connectivity index is 2.20. The zero-order valence-corrected chi connectivity index (χ0v) is 12.9. The van der Waals surface area contributed by atoms with E-state index in [4.69, 9.17) is 14.2 Å². The summed E-state index contributed by atoms with van der Waals surface area (Å²) >= 11 is 0. The van der Waals surface area contributed by atoms with Gasteiger partial charge in [-0.3, -0.25) is 0 Å². The summed E-state index contributed by atoms with van der Waals surface area (Å²) in [6.45, 7) is 2.13. The lowest BCUT2D eigenvalue weighted by atomic mass is 10.2. The van der Waals surface area contributed by atoms with Gasteiger partial charge in [0.05, 0.1) is 26.4 Å². The molecule has 0 unspecified atom stereocenters. The Morgan fingerprint density at radius 3 is 2.41 bits per heavy atom. The molecule has 0 bridgehead atoms. The Labute approximate surface area is 129 Å². The second-order valence-corrected chi connectivity index (χ2v) is 4.50. The molecule has 0 aliphatic carbocycles. The van der Waals surface area contributed by atoms with Crippen LogP contribution in [0.5, 0.6) is 11.5 Å². The molecule has 0 heterocycles. The second-order valence-electron chi connectivity index (χ2n) is 4.50. The summed E-state index contributed by atoms with van der Waals surface area (Å²) < 4.78 is 15.5. The Kier molecular flexibility index (Phi) is 5.25. The van der Waals surface area contributed by atoms with E-state index in [1.54, 1.807) is 39.3 Å². The molecule has 0 fully saturated rings. The van der Waals surface area contributed by atoms with Crippen molar-refractivity contribution in [1.29, 1.82) is 0 Å². The number of carbonyl (C=O) groups is 1. The van der Waals surface area contributed by atoms with Gasteiger partial charge in [-0.05, 0) is 37.3 Å². The fourth-order valence-corrected chi connectivity index (χ4v) is 2.02. The molecule has 5 heteroatoms. The van der Waals surface area contributed by atoms with E-state index in [2.05, 4.69) is 5.32 Å². The Morgan fingerprint density at radius 2 is 1.73 bits per heavy atom. The molecule has 0 aliphatic rings. The Morgan fingerprint density at radius 1 is 1.00 bits per heavy atom. The summed E-state index contributed by atoms with van der Waals surface area (Å²) in [6, 6.07) is 12.7. The molecule has 0 saturated heterocycles. The molecule has 22 heavy (non-hydrogen) atoms. The van der Waals surface area contributed by atoms with Crippen LogP contribution in [0.3, 0.4) is 0 Å². The number of anilines is 2. The SMILES string of the molecule is CCOC(=O)c1cccc(Nc2ccc(OC)c(OC)c2)c1. The van der Waals surface area contributed by atoms with Crippen LogP contribution in [0.4, 0.5) is 11.4 Å². The molecule has 0 atom stereocenters. The van der Waals surface area contributed by atoms with Crippen LogP contribution in [-0.4, -0.2) is 26.8 Å². The second kappa shape index (κ2) is 7.36. The number of hydrogen-bond acceptors (Lipinski definition) is 5. The van der Waals surface area contributed by atoms with Crippen molar-refractivity contribution in [2.24, 2.45) is 0 Å². The van der Waals surface area contributed by atoms with Crippen LogP contribution in [0.15, 0.2) is 42.5 Å². The topological polar surface area (TPSA) is 56.8 Å². The van der Waals surface area contributed by atoms with Crippen molar-refractivity contribution >= 4 is 17.3 Å². The van der Waals surface area contributed by atoms with Crippen LogP contribution in [0, 0.1) is 0 Å². The standard InChI is InChI=1S/C17H19NO4/c1-4-22-17(19)12-6-5-7-13(10-12)18-14-8-9-15(20-2)16(11-14)21-3/h5-11,18H,4H2,1-3H3. The third-order valence-electron chi connectivity index (χ3n) is 3.05. The van der Waals surface area contributed by atoms with Gasteiger partial charge in [0.1, 0.15) is 0 Å². The summed E-state index contributed by atoms with van der Waals surface area (Å²) in [7, 11) is 3.18. The van der Waals surface area contributed by atoms with Crippen molar-refractivity contribution in [2.45, 2.75) is 6.92 Å². The molecular formula is C17H19NO4. The molecule has 0 aliphatic heterocycles. The number of esters is 1. The molecule has 0 radical (unpaired) electrons. The molecule has 5 nitrogen and oxygen atoms in total. The van der Waals surface area contributed by atoms with Gasteiger partial charge in [0, 0.05) is 17.4 Å². The van der Waals surface area contributed by atoms with Gasteiger partial charge < -0.3 is 19.5 Å². The molecule has 0 aromatic heterocycles.